The van der Waals surface area contributed by atoms with Gasteiger partial charge in [-0.1, -0.05) is 48.5 Å². The van der Waals surface area contributed by atoms with Crippen LogP contribution in [-0.2, 0) is 11.2 Å². The minimum Gasteiger partial charge on any atom is -0.508 e. The summed E-state index contributed by atoms with van der Waals surface area (Å²) in [5.74, 6) is 0.367. The Morgan fingerprint density at radius 3 is 2.52 bits per heavy atom. The van der Waals surface area contributed by atoms with Gasteiger partial charge in [0, 0.05) is 19.6 Å². The molecule has 1 amide bonds. The summed E-state index contributed by atoms with van der Waals surface area (Å²) in [7, 11) is 0. The topological polar surface area (TPSA) is 52.6 Å². The zero-order chi connectivity index (χ0) is 17.5. The van der Waals surface area contributed by atoms with Gasteiger partial charge in [-0.05, 0) is 41.7 Å². The Morgan fingerprint density at radius 2 is 1.84 bits per heavy atom. The lowest BCUT2D eigenvalue weighted by atomic mass is 9.99. The van der Waals surface area contributed by atoms with Crippen LogP contribution < -0.4 is 5.32 Å². The summed E-state index contributed by atoms with van der Waals surface area (Å²) < 4.78 is 0. The number of phenolic OH excluding ortho intramolecular Hbond substituents is 1. The highest BCUT2D eigenvalue weighted by Gasteiger charge is 2.15. The van der Waals surface area contributed by atoms with Gasteiger partial charge in [0.15, 0.2) is 0 Å². The van der Waals surface area contributed by atoms with Crippen LogP contribution in [0.1, 0.15) is 17.5 Å². The number of aromatic hydroxyl groups is 1. The monoisotopic (exact) mass is 336 g/mol. The summed E-state index contributed by atoms with van der Waals surface area (Å²) in [6, 6.07) is 17.5. The molecule has 130 valence electrons. The highest BCUT2D eigenvalue weighted by molar-refractivity contribution is 5.78. The first-order valence-corrected chi connectivity index (χ1v) is 8.72. The molecule has 1 aliphatic rings. The fourth-order valence-corrected chi connectivity index (χ4v) is 3.04. The minimum absolute atomic E-state index is 0.0809. The molecule has 25 heavy (non-hydrogen) atoms. The number of carbonyl (C=O) groups is 1. The predicted molar refractivity (Wildman–Crippen MR) is 100 cm³/mol. The number of nitrogens with zero attached hydrogens (tertiary/aromatic N) is 1. The van der Waals surface area contributed by atoms with Crippen molar-refractivity contribution in [1.29, 1.82) is 0 Å². The zero-order valence-electron chi connectivity index (χ0n) is 14.3. The van der Waals surface area contributed by atoms with Gasteiger partial charge < -0.3 is 10.4 Å². The van der Waals surface area contributed by atoms with Gasteiger partial charge in [0.1, 0.15) is 5.75 Å². The zero-order valence-corrected chi connectivity index (χ0v) is 14.3. The van der Waals surface area contributed by atoms with Gasteiger partial charge in [0.25, 0.3) is 0 Å². The lowest BCUT2D eigenvalue weighted by molar-refractivity contribution is -0.122. The maximum Gasteiger partial charge on any atom is 0.234 e. The van der Waals surface area contributed by atoms with Gasteiger partial charge >= 0.3 is 0 Å². The van der Waals surface area contributed by atoms with E-state index in [2.05, 4.69) is 28.4 Å². The lowest BCUT2D eigenvalue weighted by Gasteiger charge is -2.26. The molecule has 4 heteroatoms. The van der Waals surface area contributed by atoms with Crippen molar-refractivity contribution in [3.8, 4) is 5.75 Å². The van der Waals surface area contributed by atoms with Crippen molar-refractivity contribution in [2.75, 3.05) is 26.2 Å². The maximum atomic E-state index is 12.1. The highest BCUT2D eigenvalue weighted by Crippen LogP contribution is 2.23. The maximum absolute atomic E-state index is 12.1. The molecule has 0 spiro atoms. The van der Waals surface area contributed by atoms with E-state index in [1.54, 1.807) is 12.1 Å². The van der Waals surface area contributed by atoms with E-state index in [-0.39, 0.29) is 11.7 Å². The normalized spacial score (nSPS) is 14.8. The van der Waals surface area contributed by atoms with Gasteiger partial charge in [-0.2, -0.15) is 0 Å². The first kappa shape index (κ1) is 17.2. The van der Waals surface area contributed by atoms with Crippen LogP contribution in [0.3, 0.4) is 0 Å². The molecule has 4 nitrogen and oxygen atoms in total. The van der Waals surface area contributed by atoms with Gasteiger partial charge in [-0.25, -0.2) is 0 Å². The molecule has 0 fully saturated rings. The Balaban J connectivity index is 1.42. The number of rotatable bonds is 6. The first-order chi connectivity index (χ1) is 12.2. The Morgan fingerprint density at radius 1 is 1.08 bits per heavy atom. The number of phenols is 1. The molecule has 2 aromatic rings. The van der Waals surface area contributed by atoms with Crippen LogP contribution in [0.25, 0.3) is 5.57 Å². The summed E-state index contributed by atoms with van der Waals surface area (Å²) in [6.45, 7) is 2.76. The fourth-order valence-electron chi connectivity index (χ4n) is 3.04. The predicted octanol–water partition coefficient (Wildman–Crippen LogP) is 2.84. The Bertz CT molecular complexity index is 723. The van der Waals surface area contributed by atoms with Crippen molar-refractivity contribution in [1.82, 2.24) is 10.2 Å². The van der Waals surface area contributed by atoms with Crippen molar-refractivity contribution in [2.24, 2.45) is 0 Å². The van der Waals surface area contributed by atoms with E-state index in [1.807, 2.05) is 30.3 Å². The third-order valence-electron chi connectivity index (χ3n) is 4.48. The summed E-state index contributed by atoms with van der Waals surface area (Å²) in [5.41, 5.74) is 3.66. The van der Waals surface area contributed by atoms with E-state index in [0.29, 0.717) is 13.1 Å². The quantitative estimate of drug-likeness (QED) is 0.853. The molecule has 0 bridgehead atoms. The molecule has 0 unspecified atom stereocenters. The lowest BCUT2D eigenvalue weighted by Crippen LogP contribution is -2.39. The number of nitrogens with one attached hydrogen (secondary N) is 1. The van der Waals surface area contributed by atoms with E-state index in [9.17, 15) is 9.90 Å². The molecular formula is C21H24N2O2. The van der Waals surface area contributed by atoms with Crippen molar-refractivity contribution >= 4 is 11.5 Å². The van der Waals surface area contributed by atoms with E-state index in [1.165, 1.54) is 11.1 Å². The average Bonchev–Trinajstić information content (AvgIpc) is 2.64. The van der Waals surface area contributed by atoms with Crippen molar-refractivity contribution in [3.63, 3.8) is 0 Å². The average molecular weight is 336 g/mol. The van der Waals surface area contributed by atoms with Crippen LogP contribution in [0, 0.1) is 0 Å². The Labute approximate surface area is 148 Å². The van der Waals surface area contributed by atoms with Crippen LogP contribution in [0.5, 0.6) is 5.75 Å². The van der Waals surface area contributed by atoms with Crippen LogP contribution in [0.4, 0.5) is 0 Å². The molecule has 0 saturated carbocycles. The summed E-state index contributed by atoms with van der Waals surface area (Å²) in [6.07, 6.45) is 3.95. The van der Waals surface area contributed by atoms with Gasteiger partial charge in [-0.15, -0.1) is 0 Å². The number of amides is 1. The van der Waals surface area contributed by atoms with Gasteiger partial charge in [0.2, 0.25) is 5.91 Å². The Kier molecular flexibility index (Phi) is 5.86. The largest absolute Gasteiger partial charge is 0.508 e. The molecule has 0 aliphatic carbocycles. The van der Waals surface area contributed by atoms with Crippen LogP contribution >= 0.6 is 0 Å². The first-order valence-electron chi connectivity index (χ1n) is 8.72. The van der Waals surface area contributed by atoms with Crippen molar-refractivity contribution in [2.45, 2.75) is 12.8 Å². The van der Waals surface area contributed by atoms with Crippen LogP contribution in [0.15, 0.2) is 60.7 Å². The second kappa shape index (κ2) is 8.49. The second-order valence-electron chi connectivity index (χ2n) is 6.35. The molecule has 0 aromatic heterocycles. The Hall–Kier alpha value is -2.59. The third kappa shape index (κ3) is 5.19. The summed E-state index contributed by atoms with van der Waals surface area (Å²) in [5, 5.41) is 12.4. The van der Waals surface area contributed by atoms with E-state index in [0.717, 1.165) is 31.5 Å². The fraction of sp³-hybridized carbons (Fsp3) is 0.286. The molecule has 0 radical (unpaired) electrons. The third-order valence-corrected chi connectivity index (χ3v) is 4.48. The number of hydrogen-bond acceptors (Lipinski definition) is 3. The van der Waals surface area contributed by atoms with Gasteiger partial charge in [0.05, 0.1) is 6.54 Å². The smallest absolute Gasteiger partial charge is 0.234 e. The number of benzene rings is 2. The molecular weight excluding hydrogens is 312 g/mol. The number of hydrogen-bond donors (Lipinski definition) is 2. The summed E-state index contributed by atoms with van der Waals surface area (Å²) in [4.78, 5) is 14.2. The van der Waals surface area contributed by atoms with Gasteiger partial charge in [-0.3, -0.25) is 9.69 Å². The standard InChI is InChI=1S/C21H24N2O2/c24-20-8-6-18(7-9-20)19-11-14-23(15-12-19)16-21(25)22-13-10-17-4-2-1-3-5-17/h1-9,11,24H,10,12-16H2,(H,22,25). The highest BCUT2D eigenvalue weighted by atomic mass is 16.3. The van der Waals surface area contributed by atoms with Crippen LogP contribution in [0.2, 0.25) is 0 Å². The second-order valence-corrected chi connectivity index (χ2v) is 6.35. The molecule has 3 rings (SSSR count). The number of carbonyl (C=O) groups excluding carboxylic acids is 1. The molecule has 2 N–H and O–H groups in total. The SMILES string of the molecule is O=C(CN1CC=C(c2ccc(O)cc2)CC1)NCCc1ccccc1. The molecule has 2 aromatic carbocycles. The molecule has 1 heterocycles. The molecule has 0 atom stereocenters. The molecule has 1 aliphatic heterocycles. The van der Waals surface area contributed by atoms with E-state index in [4.69, 9.17) is 0 Å². The van der Waals surface area contributed by atoms with Crippen molar-refractivity contribution in [3.05, 3.63) is 71.8 Å². The van der Waals surface area contributed by atoms with E-state index >= 15 is 0 Å². The minimum atomic E-state index is 0.0809. The van der Waals surface area contributed by atoms with Crippen LogP contribution in [-0.4, -0.2) is 42.1 Å². The molecule has 0 saturated heterocycles. The summed E-state index contributed by atoms with van der Waals surface area (Å²) >= 11 is 0. The van der Waals surface area contributed by atoms with E-state index < -0.39 is 0 Å². The van der Waals surface area contributed by atoms with Crippen molar-refractivity contribution < 1.29 is 9.90 Å².